The predicted octanol–water partition coefficient (Wildman–Crippen LogP) is -0.158. The number of hydrogen-bond donors (Lipinski definition) is 2. The average Bonchev–Trinajstić information content (AvgIpc) is 2.16. The lowest BCUT2D eigenvalue weighted by Crippen LogP contribution is -2.31. The number of ether oxygens (including phenoxy) is 1. The highest BCUT2D eigenvalue weighted by Crippen LogP contribution is 1.93. The summed E-state index contributed by atoms with van der Waals surface area (Å²) in [5.41, 5.74) is 0. The molecule has 96 valence electrons. The van der Waals surface area contributed by atoms with Gasteiger partial charge in [-0.1, -0.05) is 0 Å². The van der Waals surface area contributed by atoms with Crippen LogP contribution in [0.15, 0.2) is 0 Å². The van der Waals surface area contributed by atoms with Crippen LogP contribution in [0, 0.1) is 0 Å². The molecule has 0 heterocycles. The monoisotopic (exact) mass is 232 g/mol. The van der Waals surface area contributed by atoms with Gasteiger partial charge in [0.05, 0.1) is 19.1 Å². The first-order valence-electron chi connectivity index (χ1n) is 5.75. The van der Waals surface area contributed by atoms with Crippen LogP contribution in [0.2, 0.25) is 0 Å². The topological polar surface area (TPSA) is 61.8 Å². The van der Waals surface area contributed by atoms with Crippen LogP contribution in [0.1, 0.15) is 19.8 Å². The van der Waals surface area contributed by atoms with Gasteiger partial charge < -0.3 is 20.1 Å². The molecular weight excluding hydrogens is 208 g/mol. The minimum Gasteiger partial charge on any atom is -0.466 e. The Bertz CT molecular complexity index is 186. The van der Waals surface area contributed by atoms with E-state index in [1.807, 2.05) is 14.1 Å². The minimum atomic E-state index is -0.654. The predicted molar refractivity (Wildman–Crippen MR) is 63.3 cm³/mol. The largest absolute Gasteiger partial charge is 0.466 e. The maximum Gasteiger partial charge on any atom is 0.308 e. The maximum absolute atomic E-state index is 11.0. The van der Waals surface area contributed by atoms with E-state index in [4.69, 9.17) is 4.74 Å². The maximum atomic E-state index is 11.0. The Morgan fingerprint density at radius 3 is 2.75 bits per heavy atom. The fourth-order valence-corrected chi connectivity index (χ4v) is 1.27. The van der Waals surface area contributed by atoms with Crippen molar-refractivity contribution in [2.24, 2.45) is 0 Å². The van der Waals surface area contributed by atoms with Gasteiger partial charge in [-0.2, -0.15) is 0 Å². The van der Waals surface area contributed by atoms with Gasteiger partial charge in [-0.25, -0.2) is 0 Å². The first-order valence-corrected chi connectivity index (χ1v) is 5.75. The smallest absolute Gasteiger partial charge is 0.308 e. The molecule has 5 heteroatoms. The van der Waals surface area contributed by atoms with Gasteiger partial charge in [0.2, 0.25) is 0 Å². The fourth-order valence-electron chi connectivity index (χ4n) is 1.27. The Kier molecular flexibility index (Phi) is 9.18. The molecule has 0 aliphatic rings. The van der Waals surface area contributed by atoms with E-state index in [0.29, 0.717) is 13.2 Å². The van der Waals surface area contributed by atoms with Gasteiger partial charge in [-0.3, -0.25) is 4.79 Å². The number of aliphatic hydroxyl groups is 1. The number of carbonyl (C=O) groups excluding carboxylic acids is 1. The molecule has 1 atom stereocenters. The van der Waals surface area contributed by atoms with Crippen LogP contribution in [0.25, 0.3) is 0 Å². The van der Waals surface area contributed by atoms with E-state index in [-0.39, 0.29) is 12.4 Å². The first-order chi connectivity index (χ1) is 7.56. The van der Waals surface area contributed by atoms with E-state index in [2.05, 4.69) is 10.2 Å². The van der Waals surface area contributed by atoms with Crippen molar-refractivity contribution in [3.8, 4) is 0 Å². The Balaban J connectivity index is 3.36. The lowest BCUT2D eigenvalue weighted by atomic mass is 10.2. The van der Waals surface area contributed by atoms with E-state index in [1.165, 1.54) is 0 Å². The molecule has 0 aromatic heterocycles. The number of rotatable bonds is 9. The molecule has 0 aliphatic heterocycles. The second-order valence-electron chi connectivity index (χ2n) is 4.02. The van der Waals surface area contributed by atoms with Gasteiger partial charge in [0.25, 0.3) is 0 Å². The number of carbonyl (C=O) groups is 1. The van der Waals surface area contributed by atoms with Crippen LogP contribution >= 0.6 is 0 Å². The number of aliphatic hydroxyl groups excluding tert-OH is 1. The van der Waals surface area contributed by atoms with Gasteiger partial charge in [0, 0.05) is 6.54 Å². The van der Waals surface area contributed by atoms with E-state index in [0.717, 1.165) is 19.5 Å². The number of nitrogens with zero attached hydrogens (tertiary/aromatic N) is 1. The number of hydrogen-bond acceptors (Lipinski definition) is 5. The molecule has 1 unspecified atom stereocenters. The van der Waals surface area contributed by atoms with Gasteiger partial charge in [-0.15, -0.1) is 0 Å². The molecule has 0 aromatic carbocycles. The highest BCUT2D eigenvalue weighted by molar-refractivity contribution is 5.69. The molecule has 0 aliphatic carbocycles. The third-order valence-electron chi connectivity index (χ3n) is 2.05. The quantitative estimate of drug-likeness (QED) is 0.427. The Morgan fingerprint density at radius 1 is 1.50 bits per heavy atom. The van der Waals surface area contributed by atoms with Crippen LogP contribution in [-0.2, 0) is 9.53 Å². The Morgan fingerprint density at radius 2 is 2.19 bits per heavy atom. The molecule has 0 aromatic rings. The van der Waals surface area contributed by atoms with Crippen molar-refractivity contribution < 1.29 is 14.6 Å². The first kappa shape index (κ1) is 15.3. The molecule has 0 amide bonds. The normalized spacial score (nSPS) is 12.8. The zero-order valence-electron chi connectivity index (χ0n) is 10.5. The van der Waals surface area contributed by atoms with Crippen molar-refractivity contribution in [3.05, 3.63) is 0 Å². The molecule has 0 spiro atoms. The van der Waals surface area contributed by atoms with Crippen LogP contribution in [0.5, 0.6) is 0 Å². The average molecular weight is 232 g/mol. The summed E-state index contributed by atoms with van der Waals surface area (Å²) in [4.78, 5) is 13.1. The zero-order valence-corrected chi connectivity index (χ0v) is 10.5. The Labute approximate surface area is 97.8 Å². The summed E-state index contributed by atoms with van der Waals surface area (Å²) in [5.74, 6) is -0.343. The lowest BCUT2D eigenvalue weighted by Gasteiger charge is -2.12. The third-order valence-corrected chi connectivity index (χ3v) is 2.05. The van der Waals surface area contributed by atoms with Crippen molar-refractivity contribution in [2.45, 2.75) is 25.9 Å². The summed E-state index contributed by atoms with van der Waals surface area (Å²) in [5, 5.41) is 12.6. The van der Waals surface area contributed by atoms with Crippen molar-refractivity contribution >= 4 is 5.97 Å². The Hall–Kier alpha value is -0.650. The van der Waals surface area contributed by atoms with Gasteiger partial charge >= 0.3 is 5.97 Å². The second kappa shape index (κ2) is 9.57. The fraction of sp³-hybridized carbons (Fsp3) is 0.909. The van der Waals surface area contributed by atoms with Crippen molar-refractivity contribution in [1.29, 1.82) is 0 Å². The molecule has 2 N–H and O–H groups in total. The number of esters is 1. The molecule has 0 saturated heterocycles. The SMILES string of the molecule is CCOC(=O)CC(O)CNCCCN(C)C. The highest BCUT2D eigenvalue weighted by atomic mass is 16.5. The second-order valence-corrected chi connectivity index (χ2v) is 4.02. The van der Waals surface area contributed by atoms with Gasteiger partial charge in [-0.05, 0) is 40.5 Å². The van der Waals surface area contributed by atoms with E-state index < -0.39 is 6.10 Å². The van der Waals surface area contributed by atoms with Crippen molar-refractivity contribution in [3.63, 3.8) is 0 Å². The molecule has 0 bridgehead atoms. The summed E-state index contributed by atoms with van der Waals surface area (Å²) in [6, 6.07) is 0. The molecule has 16 heavy (non-hydrogen) atoms. The van der Waals surface area contributed by atoms with Crippen LogP contribution in [0.4, 0.5) is 0 Å². The van der Waals surface area contributed by atoms with E-state index >= 15 is 0 Å². The summed E-state index contributed by atoms with van der Waals surface area (Å²) >= 11 is 0. The van der Waals surface area contributed by atoms with E-state index in [1.54, 1.807) is 6.92 Å². The van der Waals surface area contributed by atoms with Crippen LogP contribution < -0.4 is 5.32 Å². The molecule has 0 rings (SSSR count). The molecule has 5 nitrogen and oxygen atoms in total. The van der Waals surface area contributed by atoms with Crippen molar-refractivity contribution in [2.75, 3.05) is 40.3 Å². The zero-order chi connectivity index (χ0) is 12.4. The van der Waals surface area contributed by atoms with Gasteiger partial charge in [0.1, 0.15) is 0 Å². The molecular formula is C11H24N2O3. The molecule has 0 radical (unpaired) electrons. The summed E-state index contributed by atoms with van der Waals surface area (Å²) < 4.78 is 4.74. The van der Waals surface area contributed by atoms with Crippen LogP contribution in [-0.4, -0.2) is 62.4 Å². The number of nitrogens with one attached hydrogen (secondary N) is 1. The van der Waals surface area contributed by atoms with Gasteiger partial charge in [0.15, 0.2) is 0 Å². The molecule has 0 fully saturated rings. The molecule has 0 saturated carbocycles. The highest BCUT2D eigenvalue weighted by Gasteiger charge is 2.10. The summed E-state index contributed by atoms with van der Waals surface area (Å²) in [6.07, 6.45) is 0.437. The van der Waals surface area contributed by atoms with Crippen molar-refractivity contribution in [1.82, 2.24) is 10.2 Å². The van der Waals surface area contributed by atoms with Crippen LogP contribution in [0.3, 0.4) is 0 Å². The minimum absolute atomic E-state index is 0.0640. The summed E-state index contributed by atoms with van der Waals surface area (Å²) in [6.45, 7) is 4.41. The van der Waals surface area contributed by atoms with E-state index in [9.17, 15) is 9.90 Å². The summed E-state index contributed by atoms with van der Waals surface area (Å²) in [7, 11) is 4.05. The third kappa shape index (κ3) is 9.89. The lowest BCUT2D eigenvalue weighted by molar-refractivity contribution is -0.145. The standard InChI is InChI=1S/C11H24N2O3/c1-4-16-11(15)8-10(14)9-12-6-5-7-13(2)3/h10,12,14H,4-9H2,1-3H3.